The van der Waals surface area contributed by atoms with Crippen molar-refractivity contribution in [3.63, 3.8) is 0 Å². The van der Waals surface area contributed by atoms with E-state index in [0.717, 1.165) is 55.6 Å². The molecule has 1 aromatic carbocycles. The Hall–Kier alpha value is -3.38. The summed E-state index contributed by atoms with van der Waals surface area (Å²) >= 11 is 0. The molecule has 0 aromatic heterocycles. The van der Waals surface area contributed by atoms with Crippen LogP contribution in [0.4, 0.5) is 5.69 Å². The van der Waals surface area contributed by atoms with Gasteiger partial charge in [0.2, 0.25) is 0 Å². The molecule has 3 amide bonds. The van der Waals surface area contributed by atoms with Gasteiger partial charge in [-0.25, -0.2) is 9.46 Å². The number of ether oxygens (including phenoxy) is 2. The zero-order valence-electron chi connectivity index (χ0n) is 38.1. The molecule has 0 spiro atoms. The van der Waals surface area contributed by atoms with E-state index in [1.54, 1.807) is 0 Å². The Morgan fingerprint density at radius 3 is 1.56 bits per heavy atom. The van der Waals surface area contributed by atoms with Crippen molar-refractivity contribution >= 4 is 43.2 Å². The van der Waals surface area contributed by atoms with Crippen molar-refractivity contribution in [1.82, 2.24) is 5.32 Å². The number of amides is 3. The van der Waals surface area contributed by atoms with Gasteiger partial charge in [-0.05, 0) is 31.0 Å². The van der Waals surface area contributed by atoms with Crippen LogP contribution in [0.15, 0.2) is 36.4 Å². The molecule has 2 rings (SSSR count). The molecule has 2 unspecified atom stereocenters. The van der Waals surface area contributed by atoms with Gasteiger partial charge in [-0.2, -0.15) is 0 Å². The topological polar surface area (TPSA) is 175 Å². The third-order valence-corrected chi connectivity index (χ3v) is 11.9. The molecule has 0 fully saturated rings. The van der Waals surface area contributed by atoms with Crippen LogP contribution in [-0.4, -0.2) is 67.0 Å². The van der Waals surface area contributed by atoms with Crippen molar-refractivity contribution in [2.75, 3.05) is 31.3 Å². The van der Waals surface area contributed by atoms with Crippen LogP contribution < -0.4 is 10.2 Å². The number of imide groups is 1. The summed E-state index contributed by atoms with van der Waals surface area (Å²) in [7, 11) is -4.67. The van der Waals surface area contributed by atoms with E-state index >= 15 is 0 Å². The number of anilines is 1. The molecule has 1 heterocycles. The number of nitrogens with zero attached hydrogens (tertiary/aromatic N) is 1. The van der Waals surface area contributed by atoms with Crippen LogP contribution in [0.5, 0.6) is 0 Å². The molecule has 2 atom stereocenters. The second-order valence-corrected chi connectivity index (χ2v) is 18.0. The zero-order chi connectivity index (χ0) is 45.1. The minimum absolute atomic E-state index is 0.158. The Kier molecular flexibility index (Phi) is 30.9. The van der Waals surface area contributed by atoms with Crippen LogP contribution in [0.1, 0.15) is 204 Å². The van der Waals surface area contributed by atoms with Gasteiger partial charge >= 0.3 is 19.8 Å². The Balaban J connectivity index is 1.73. The first kappa shape index (κ1) is 54.8. The van der Waals surface area contributed by atoms with Gasteiger partial charge in [0.25, 0.3) is 17.7 Å². The highest BCUT2D eigenvalue weighted by Crippen LogP contribution is 2.43. The number of carbonyl (C=O) groups excluding carboxylic acids is 5. The van der Waals surface area contributed by atoms with Gasteiger partial charge in [0.1, 0.15) is 6.61 Å². The van der Waals surface area contributed by atoms with Gasteiger partial charge in [-0.1, -0.05) is 174 Å². The monoisotopic (exact) mass is 891 g/mol. The summed E-state index contributed by atoms with van der Waals surface area (Å²) in [5.74, 6) is -2.55. The fourth-order valence-electron chi connectivity index (χ4n) is 7.28. The molecule has 62 heavy (non-hydrogen) atoms. The van der Waals surface area contributed by atoms with Crippen molar-refractivity contribution < 1.29 is 52.0 Å². The highest BCUT2D eigenvalue weighted by atomic mass is 31.2. The third kappa shape index (κ3) is 26.9. The Bertz CT molecular complexity index is 1480. The van der Waals surface area contributed by atoms with Crippen molar-refractivity contribution in [1.29, 1.82) is 0 Å². The summed E-state index contributed by atoms with van der Waals surface area (Å²) in [6.45, 7) is 3.02. The van der Waals surface area contributed by atoms with Crippen LogP contribution in [0.2, 0.25) is 0 Å². The van der Waals surface area contributed by atoms with Crippen LogP contribution in [0.3, 0.4) is 0 Å². The highest BCUT2D eigenvalue weighted by Gasteiger charge is 2.27. The lowest BCUT2D eigenvalue weighted by Crippen LogP contribution is -2.31. The highest BCUT2D eigenvalue weighted by molar-refractivity contribution is 7.47. The molecule has 14 heteroatoms. The van der Waals surface area contributed by atoms with Crippen molar-refractivity contribution in [3.8, 4) is 0 Å². The van der Waals surface area contributed by atoms with E-state index in [0.29, 0.717) is 12.8 Å². The molecule has 0 saturated heterocycles. The standard InChI is InChI=1S/C48H79N2O11P/c1-3-5-7-9-11-13-15-17-19-21-23-25-27-32-46(53)58-39-43(61-47(54)33-28-26-24-22-20-18-16-14-12-10-8-6-4-2)40-60-62(56,57)59-37-36-49-48(55)41-30-29-31-42(38-41)50-44(51)34-35-45(50)52/h29-31,34-35,38,43H,3-28,32-33,36-37,39-40H2,1-2H3,(H,49,55)(H,56,57). The van der Waals surface area contributed by atoms with E-state index in [1.807, 2.05) is 0 Å². The second-order valence-electron chi connectivity index (χ2n) is 16.5. The Labute approximate surface area is 372 Å². The first-order valence-electron chi connectivity index (χ1n) is 24.0. The average molecular weight is 891 g/mol. The summed E-state index contributed by atoms with van der Waals surface area (Å²) in [6.07, 6.45) is 32.3. The minimum atomic E-state index is -4.67. The molecule has 0 radical (unpaired) electrons. The number of nitrogens with one attached hydrogen (secondary N) is 1. The predicted molar refractivity (Wildman–Crippen MR) is 244 cm³/mol. The smallest absolute Gasteiger partial charge is 0.462 e. The maximum atomic E-state index is 12.8. The van der Waals surface area contributed by atoms with E-state index in [-0.39, 0.29) is 37.2 Å². The van der Waals surface area contributed by atoms with Gasteiger partial charge in [0.15, 0.2) is 6.10 Å². The number of hydrogen-bond acceptors (Lipinski definition) is 10. The van der Waals surface area contributed by atoms with Crippen LogP contribution in [0, 0.1) is 0 Å². The predicted octanol–water partition coefficient (Wildman–Crippen LogP) is 11.4. The number of unbranched alkanes of at least 4 members (excludes halogenated alkanes) is 24. The zero-order valence-corrected chi connectivity index (χ0v) is 39.0. The van der Waals surface area contributed by atoms with Crippen LogP contribution in [0.25, 0.3) is 0 Å². The van der Waals surface area contributed by atoms with Crippen molar-refractivity contribution in [2.45, 2.75) is 200 Å². The maximum Gasteiger partial charge on any atom is 0.472 e. The fourth-order valence-corrected chi connectivity index (χ4v) is 8.03. The van der Waals surface area contributed by atoms with E-state index in [9.17, 15) is 33.4 Å². The molecular formula is C48H79N2O11P. The summed E-state index contributed by atoms with van der Waals surface area (Å²) in [4.78, 5) is 73.4. The number of carbonyl (C=O) groups is 5. The van der Waals surface area contributed by atoms with E-state index in [2.05, 4.69) is 19.2 Å². The molecule has 0 bridgehead atoms. The summed E-state index contributed by atoms with van der Waals surface area (Å²) in [5.41, 5.74) is 0.387. The third-order valence-electron chi connectivity index (χ3n) is 10.9. The van der Waals surface area contributed by atoms with E-state index in [1.165, 1.54) is 140 Å². The van der Waals surface area contributed by atoms with Gasteiger partial charge < -0.3 is 19.7 Å². The van der Waals surface area contributed by atoms with Gasteiger partial charge in [-0.15, -0.1) is 0 Å². The quantitative estimate of drug-likeness (QED) is 0.0278. The first-order valence-corrected chi connectivity index (χ1v) is 25.5. The van der Waals surface area contributed by atoms with Crippen LogP contribution >= 0.6 is 7.82 Å². The molecule has 1 aliphatic rings. The largest absolute Gasteiger partial charge is 0.472 e. The Morgan fingerprint density at radius 2 is 1.08 bits per heavy atom. The number of esters is 2. The summed E-state index contributed by atoms with van der Waals surface area (Å²) in [5, 5.41) is 2.55. The number of phosphoric acid groups is 1. The van der Waals surface area contributed by atoms with E-state index < -0.39 is 56.8 Å². The maximum absolute atomic E-state index is 12.8. The summed E-state index contributed by atoms with van der Waals surface area (Å²) in [6, 6.07) is 5.92. The number of hydrogen-bond donors (Lipinski definition) is 2. The number of phosphoric ester groups is 1. The second kappa shape index (κ2) is 35.0. The molecule has 13 nitrogen and oxygen atoms in total. The van der Waals surface area contributed by atoms with Gasteiger partial charge in [-0.3, -0.25) is 33.0 Å². The molecule has 2 N–H and O–H groups in total. The number of rotatable bonds is 40. The molecule has 0 saturated carbocycles. The van der Waals surface area contributed by atoms with Crippen molar-refractivity contribution in [3.05, 3.63) is 42.0 Å². The lowest BCUT2D eigenvalue weighted by molar-refractivity contribution is -0.161. The lowest BCUT2D eigenvalue weighted by atomic mass is 10.0. The molecule has 1 aliphatic heterocycles. The fraction of sp³-hybridized carbons (Fsp3) is 0.729. The van der Waals surface area contributed by atoms with E-state index in [4.69, 9.17) is 18.5 Å². The lowest BCUT2D eigenvalue weighted by Gasteiger charge is -2.20. The molecular weight excluding hydrogens is 812 g/mol. The SMILES string of the molecule is CCCCCCCCCCCCCCCC(=O)OCC(COP(=O)(O)OCCNC(=O)c1cccc(N2C(=O)C=CC2=O)c1)OC(=O)CCCCCCCCCCCCCCC. The molecule has 1 aromatic rings. The van der Waals surface area contributed by atoms with Crippen LogP contribution in [-0.2, 0) is 42.3 Å². The number of benzene rings is 1. The normalized spacial score (nSPS) is 14.0. The van der Waals surface area contributed by atoms with Gasteiger partial charge in [0.05, 0.1) is 18.9 Å². The average Bonchev–Trinajstić information content (AvgIpc) is 3.60. The molecule has 0 aliphatic carbocycles. The Morgan fingerprint density at radius 1 is 0.629 bits per heavy atom. The van der Waals surface area contributed by atoms with Gasteiger partial charge in [0, 0.05) is 37.1 Å². The molecule has 352 valence electrons. The first-order chi connectivity index (χ1) is 30.1. The minimum Gasteiger partial charge on any atom is -0.462 e. The summed E-state index contributed by atoms with van der Waals surface area (Å²) < 4.78 is 33.9. The van der Waals surface area contributed by atoms with Crippen molar-refractivity contribution in [2.24, 2.45) is 0 Å².